The van der Waals surface area contributed by atoms with Gasteiger partial charge in [-0.1, -0.05) is 153 Å². The van der Waals surface area contributed by atoms with E-state index in [0.717, 1.165) is 5.69 Å². The smallest absolute Gasteiger partial charge is 0.0640 e. The first-order valence-electron chi connectivity index (χ1n) is 17.7. The molecule has 1 aliphatic rings. The van der Waals surface area contributed by atoms with E-state index in [2.05, 4.69) is 195 Å². The van der Waals surface area contributed by atoms with Crippen LogP contribution in [0.5, 0.6) is 0 Å². The summed E-state index contributed by atoms with van der Waals surface area (Å²) in [5, 5.41) is 5.18. The van der Waals surface area contributed by atoms with Crippen LogP contribution in [0.25, 0.3) is 64.3 Å². The fourth-order valence-electron chi connectivity index (χ4n) is 8.35. The molecular weight excluding hydrogens is 635 g/mol. The van der Waals surface area contributed by atoms with Crippen molar-refractivity contribution in [2.75, 3.05) is 4.90 Å². The summed E-state index contributed by atoms with van der Waals surface area (Å²) in [4.78, 5) is 2.49. The van der Waals surface area contributed by atoms with E-state index in [4.69, 9.17) is 0 Å². The van der Waals surface area contributed by atoms with Crippen molar-refractivity contribution in [2.24, 2.45) is 0 Å². The van der Waals surface area contributed by atoms with Gasteiger partial charge >= 0.3 is 0 Å². The number of benzene rings is 8. The fraction of sp³-hybridized carbons (Fsp3) is 0.0612. The lowest BCUT2D eigenvalue weighted by Gasteiger charge is -2.29. The van der Waals surface area contributed by atoms with Gasteiger partial charge in [0.2, 0.25) is 0 Å². The van der Waals surface area contributed by atoms with E-state index in [9.17, 15) is 0 Å². The van der Waals surface area contributed by atoms with Crippen molar-refractivity contribution in [1.82, 2.24) is 0 Å². The summed E-state index contributed by atoms with van der Waals surface area (Å²) in [6.07, 6.45) is 0. The normalized spacial score (nSPS) is 13.1. The zero-order valence-electron chi connectivity index (χ0n) is 28.6. The van der Waals surface area contributed by atoms with Crippen LogP contribution >= 0.6 is 11.3 Å². The molecule has 0 unspecified atom stereocenters. The number of hydrogen-bond donors (Lipinski definition) is 0. The van der Waals surface area contributed by atoms with Crippen LogP contribution in [0.1, 0.15) is 25.0 Å². The molecule has 0 aliphatic heterocycles. The number of thiophene rings is 1. The molecule has 0 amide bonds. The predicted molar refractivity (Wildman–Crippen MR) is 220 cm³/mol. The molecule has 0 N–H and O–H groups in total. The number of fused-ring (bicyclic) bond motifs is 8. The van der Waals surface area contributed by atoms with Crippen LogP contribution in [0.15, 0.2) is 176 Å². The summed E-state index contributed by atoms with van der Waals surface area (Å²) < 4.78 is 2.62. The zero-order chi connectivity index (χ0) is 34.1. The summed E-state index contributed by atoms with van der Waals surface area (Å²) in [6, 6.07) is 64.7. The average Bonchev–Trinajstić information content (AvgIpc) is 3.68. The average molecular weight is 670 g/mol. The Morgan fingerprint density at radius 2 is 1.00 bits per heavy atom. The molecule has 9 aromatic rings. The predicted octanol–water partition coefficient (Wildman–Crippen LogP) is 14.3. The van der Waals surface area contributed by atoms with Gasteiger partial charge in [0.1, 0.15) is 0 Å². The van der Waals surface area contributed by atoms with Crippen LogP contribution < -0.4 is 4.90 Å². The minimum absolute atomic E-state index is 0.101. The molecule has 1 nitrogen and oxygen atoms in total. The van der Waals surface area contributed by atoms with E-state index in [1.807, 2.05) is 11.3 Å². The zero-order valence-corrected chi connectivity index (χ0v) is 29.4. The number of anilines is 3. The minimum Gasteiger partial charge on any atom is -0.309 e. The highest BCUT2D eigenvalue weighted by Gasteiger charge is 2.36. The SMILES string of the molecule is CC1(C)c2ccccc2-c2ccc(N(c3cccc(-c4ccccc4)c3)c3cccc4c3sc3c5ccccc5c(-c5ccccc5)cc43)cc21. The molecule has 0 spiro atoms. The Morgan fingerprint density at radius 3 is 1.82 bits per heavy atom. The molecule has 242 valence electrons. The summed E-state index contributed by atoms with van der Waals surface area (Å²) >= 11 is 1.91. The number of nitrogens with zero attached hydrogens (tertiary/aromatic N) is 1. The van der Waals surface area contributed by atoms with Gasteiger partial charge in [0, 0.05) is 37.6 Å². The highest BCUT2D eigenvalue weighted by Crippen LogP contribution is 2.52. The second kappa shape index (κ2) is 11.6. The Morgan fingerprint density at radius 1 is 0.392 bits per heavy atom. The molecule has 10 rings (SSSR count). The van der Waals surface area contributed by atoms with Crippen LogP contribution in [-0.2, 0) is 5.41 Å². The standard InChI is InChI=1S/C49H35NS/c1-49(2)44-25-12-11-22-38(44)39-28-27-36(30-45(39)49)50(35-20-13-19-34(29-35)32-15-5-3-6-16-32)46-26-14-24-41-43-31-42(33-17-7-4-8-18-33)37-21-9-10-23-40(37)47(43)51-48(41)46/h3-31H,1-2H3. The summed E-state index contributed by atoms with van der Waals surface area (Å²) in [6.45, 7) is 4.73. The lowest BCUT2D eigenvalue weighted by molar-refractivity contribution is 0.660. The van der Waals surface area contributed by atoms with Crippen molar-refractivity contribution in [2.45, 2.75) is 19.3 Å². The summed E-state index contributed by atoms with van der Waals surface area (Å²) in [7, 11) is 0. The third-order valence-corrected chi connectivity index (χ3v) is 12.1. The van der Waals surface area contributed by atoms with Crippen molar-refractivity contribution in [1.29, 1.82) is 0 Å². The first-order valence-corrected chi connectivity index (χ1v) is 18.5. The van der Waals surface area contributed by atoms with E-state index in [1.54, 1.807) is 0 Å². The summed E-state index contributed by atoms with van der Waals surface area (Å²) in [5.74, 6) is 0. The summed E-state index contributed by atoms with van der Waals surface area (Å²) in [5.41, 5.74) is 13.8. The third kappa shape index (κ3) is 4.67. The fourth-order valence-corrected chi connectivity index (χ4v) is 9.67. The van der Waals surface area contributed by atoms with Gasteiger partial charge in [0.15, 0.2) is 0 Å². The number of rotatable bonds is 5. The Bertz CT molecular complexity index is 2770. The van der Waals surface area contributed by atoms with Gasteiger partial charge in [-0.15, -0.1) is 11.3 Å². The van der Waals surface area contributed by atoms with Gasteiger partial charge in [-0.25, -0.2) is 0 Å². The Kier molecular flexibility index (Phi) is 6.78. The molecule has 0 saturated heterocycles. The lowest BCUT2D eigenvalue weighted by Crippen LogP contribution is -2.16. The van der Waals surface area contributed by atoms with Crippen LogP contribution in [0, 0.1) is 0 Å². The van der Waals surface area contributed by atoms with Crippen molar-refractivity contribution in [3.05, 3.63) is 187 Å². The van der Waals surface area contributed by atoms with E-state index < -0.39 is 0 Å². The molecule has 0 radical (unpaired) electrons. The number of hydrogen-bond acceptors (Lipinski definition) is 2. The van der Waals surface area contributed by atoms with Crippen molar-refractivity contribution < 1.29 is 0 Å². The van der Waals surface area contributed by atoms with Crippen LogP contribution in [0.3, 0.4) is 0 Å². The van der Waals surface area contributed by atoms with E-state index in [0.29, 0.717) is 0 Å². The molecule has 1 aromatic heterocycles. The van der Waals surface area contributed by atoms with Crippen LogP contribution in [-0.4, -0.2) is 0 Å². The molecule has 1 heterocycles. The molecule has 0 saturated carbocycles. The quantitative estimate of drug-likeness (QED) is 0.176. The van der Waals surface area contributed by atoms with Crippen LogP contribution in [0.2, 0.25) is 0 Å². The largest absolute Gasteiger partial charge is 0.309 e. The highest BCUT2D eigenvalue weighted by molar-refractivity contribution is 7.27. The van der Waals surface area contributed by atoms with Crippen molar-refractivity contribution in [3.63, 3.8) is 0 Å². The van der Waals surface area contributed by atoms with Gasteiger partial charge in [-0.3, -0.25) is 0 Å². The molecule has 0 atom stereocenters. The van der Waals surface area contributed by atoms with Crippen molar-refractivity contribution in [3.8, 4) is 33.4 Å². The van der Waals surface area contributed by atoms with E-state index in [-0.39, 0.29) is 5.41 Å². The maximum atomic E-state index is 2.49. The second-order valence-electron chi connectivity index (χ2n) is 14.1. The first kappa shape index (κ1) is 29.9. The van der Waals surface area contributed by atoms with E-state index in [1.165, 1.54) is 86.8 Å². The monoisotopic (exact) mass is 669 g/mol. The maximum absolute atomic E-state index is 2.49. The van der Waals surface area contributed by atoms with Crippen LogP contribution in [0.4, 0.5) is 17.1 Å². The van der Waals surface area contributed by atoms with Gasteiger partial charge in [-0.05, 0) is 86.3 Å². The third-order valence-electron chi connectivity index (χ3n) is 10.8. The molecule has 51 heavy (non-hydrogen) atoms. The van der Waals surface area contributed by atoms with Crippen molar-refractivity contribution >= 4 is 59.3 Å². The molecule has 8 aromatic carbocycles. The second-order valence-corrected chi connectivity index (χ2v) is 15.1. The highest BCUT2D eigenvalue weighted by atomic mass is 32.1. The first-order chi connectivity index (χ1) is 25.1. The molecular formula is C49H35NS. The Hall–Kier alpha value is -5.96. The molecule has 0 fully saturated rings. The lowest BCUT2D eigenvalue weighted by atomic mass is 9.82. The Labute approximate surface area is 302 Å². The molecule has 2 heteroatoms. The van der Waals surface area contributed by atoms with Gasteiger partial charge in [0.05, 0.1) is 10.4 Å². The molecule has 0 bridgehead atoms. The maximum Gasteiger partial charge on any atom is 0.0640 e. The van der Waals surface area contributed by atoms with Gasteiger partial charge in [-0.2, -0.15) is 0 Å². The van der Waals surface area contributed by atoms with E-state index >= 15 is 0 Å². The molecule has 1 aliphatic carbocycles. The topological polar surface area (TPSA) is 3.24 Å². The van der Waals surface area contributed by atoms with Gasteiger partial charge < -0.3 is 4.90 Å². The van der Waals surface area contributed by atoms with Gasteiger partial charge in [0.25, 0.3) is 0 Å². The minimum atomic E-state index is -0.101. The Balaban J connectivity index is 1.24.